The minimum atomic E-state index is -0.931. The van der Waals surface area contributed by atoms with Gasteiger partial charge in [0.15, 0.2) is 5.78 Å². The van der Waals surface area contributed by atoms with E-state index in [1.165, 1.54) is 6.08 Å². The van der Waals surface area contributed by atoms with E-state index in [-0.39, 0.29) is 30.1 Å². The van der Waals surface area contributed by atoms with Crippen LogP contribution in [0.3, 0.4) is 0 Å². The number of amides is 1. The van der Waals surface area contributed by atoms with Gasteiger partial charge >= 0.3 is 5.97 Å². The molecule has 1 rings (SSSR count). The standard InChI is InChI=1S/C11H15NO4/c1-2-12-7-6-9(13)8(11(12)16)4-3-5-10(14)15/h4H,2-3,5-7H2,1H3,(H,14,15). The Kier molecular flexibility index (Phi) is 4.22. The van der Waals surface area contributed by atoms with E-state index < -0.39 is 5.97 Å². The third-order valence-corrected chi connectivity index (χ3v) is 2.52. The van der Waals surface area contributed by atoms with Crippen LogP contribution >= 0.6 is 0 Å². The van der Waals surface area contributed by atoms with Crippen LogP contribution in [0.1, 0.15) is 26.2 Å². The van der Waals surface area contributed by atoms with Crippen LogP contribution in [0.4, 0.5) is 0 Å². The van der Waals surface area contributed by atoms with E-state index >= 15 is 0 Å². The Morgan fingerprint density at radius 2 is 2.19 bits per heavy atom. The van der Waals surface area contributed by atoms with Crippen LogP contribution in [0.5, 0.6) is 0 Å². The zero-order chi connectivity index (χ0) is 12.1. The summed E-state index contributed by atoms with van der Waals surface area (Å²) >= 11 is 0. The number of carboxylic acids is 1. The van der Waals surface area contributed by atoms with Crippen molar-refractivity contribution >= 4 is 17.7 Å². The van der Waals surface area contributed by atoms with Gasteiger partial charge in [-0.3, -0.25) is 14.4 Å². The van der Waals surface area contributed by atoms with Gasteiger partial charge in [0, 0.05) is 25.9 Å². The Labute approximate surface area is 93.7 Å². The number of Topliss-reactive ketones (excluding diaryl/α,β-unsaturated/α-hetero) is 1. The fourth-order valence-corrected chi connectivity index (χ4v) is 1.61. The van der Waals surface area contributed by atoms with E-state index in [0.717, 1.165) is 0 Å². The first-order chi connectivity index (χ1) is 7.56. The highest BCUT2D eigenvalue weighted by Gasteiger charge is 2.27. The number of hydrogen-bond acceptors (Lipinski definition) is 3. The van der Waals surface area contributed by atoms with Gasteiger partial charge in [0.1, 0.15) is 0 Å². The molecule has 0 saturated carbocycles. The molecular formula is C11H15NO4. The van der Waals surface area contributed by atoms with E-state index in [4.69, 9.17) is 5.11 Å². The number of aliphatic carboxylic acids is 1. The first-order valence-electron chi connectivity index (χ1n) is 5.30. The number of likely N-dealkylation sites (tertiary alicyclic amines) is 1. The van der Waals surface area contributed by atoms with E-state index in [2.05, 4.69) is 0 Å². The summed E-state index contributed by atoms with van der Waals surface area (Å²) in [7, 11) is 0. The number of carbonyl (C=O) groups is 3. The summed E-state index contributed by atoms with van der Waals surface area (Å²) in [5.74, 6) is -1.39. The first-order valence-corrected chi connectivity index (χ1v) is 5.30. The summed E-state index contributed by atoms with van der Waals surface area (Å²) < 4.78 is 0. The minimum absolute atomic E-state index is 0.0593. The molecule has 0 radical (unpaired) electrons. The fraction of sp³-hybridized carbons (Fsp3) is 0.545. The fourth-order valence-electron chi connectivity index (χ4n) is 1.61. The largest absolute Gasteiger partial charge is 0.481 e. The average Bonchev–Trinajstić information content (AvgIpc) is 2.23. The third-order valence-electron chi connectivity index (χ3n) is 2.52. The minimum Gasteiger partial charge on any atom is -0.481 e. The number of hydrogen-bond donors (Lipinski definition) is 1. The number of carbonyl (C=O) groups excluding carboxylic acids is 2. The van der Waals surface area contributed by atoms with Crippen LogP contribution in [0.15, 0.2) is 11.6 Å². The van der Waals surface area contributed by atoms with Crippen LogP contribution in [0, 0.1) is 0 Å². The molecular weight excluding hydrogens is 210 g/mol. The molecule has 0 spiro atoms. The highest BCUT2D eigenvalue weighted by Crippen LogP contribution is 2.14. The van der Waals surface area contributed by atoms with Crippen LogP contribution in [-0.2, 0) is 14.4 Å². The molecule has 1 amide bonds. The van der Waals surface area contributed by atoms with Crippen molar-refractivity contribution in [1.82, 2.24) is 4.90 Å². The first kappa shape index (κ1) is 12.4. The van der Waals surface area contributed by atoms with E-state index in [9.17, 15) is 14.4 Å². The van der Waals surface area contributed by atoms with Gasteiger partial charge in [-0.15, -0.1) is 0 Å². The highest BCUT2D eigenvalue weighted by molar-refractivity contribution is 6.20. The van der Waals surface area contributed by atoms with Crippen molar-refractivity contribution in [2.45, 2.75) is 26.2 Å². The molecule has 5 heteroatoms. The number of piperidine rings is 1. The molecule has 1 heterocycles. The summed E-state index contributed by atoms with van der Waals surface area (Å²) in [5.41, 5.74) is 0.148. The Morgan fingerprint density at radius 3 is 2.75 bits per heavy atom. The number of nitrogens with zero attached hydrogens (tertiary/aromatic N) is 1. The summed E-state index contributed by atoms with van der Waals surface area (Å²) in [6.45, 7) is 2.88. The lowest BCUT2D eigenvalue weighted by molar-refractivity contribution is -0.137. The molecule has 0 aliphatic carbocycles. The molecule has 1 aliphatic heterocycles. The molecule has 16 heavy (non-hydrogen) atoms. The lowest BCUT2D eigenvalue weighted by Crippen LogP contribution is -2.40. The maximum Gasteiger partial charge on any atom is 0.303 e. The van der Waals surface area contributed by atoms with Gasteiger partial charge in [-0.2, -0.15) is 0 Å². The normalized spacial score (nSPS) is 19.3. The predicted octanol–water partition coefficient (Wildman–Crippen LogP) is 0.599. The molecule has 0 aromatic rings. The summed E-state index contributed by atoms with van der Waals surface area (Å²) in [4.78, 5) is 35.1. The van der Waals surface area contributed by atoms with Gasteiger partial charge in [0.25, 0.3) is 5.91 Å². The summed E-state index contributed by atoms with van der Waals surface area (Å²) in [5, 5.41) is 8.46. The molecule has 0 aromatic carbocycles. The van der Waals surface area contributed by atoms with Crippen molar-refractivity contribution in [2.75, 3.05) is 13.1 Å². The quantitative estimate of drug-likeness (QED) is 0.561. The molecule has 0 atom stereocenters. The van der Waals surface area contributed by atoms with Crippen molar-refractivity contribution in [3.8, 4) is 0 Å². The van der Waals surface area contributed by atoms with Crippen molar-refractivity contribution in [1.29, 1.82) is 0 Å². The molecule has 1 N–H and O–H groups in total. The lowest BCUT2D eigenvalue weighted by Gasteiger charge is -2.26. The van der Waals surface area contributed by atoms with E-state index in [1.54, 1.807) is 4.90 Å². The highest BCUT2D eigenvalue weighted by atomic mass is 16.4. The number of carboxylic acid groups (broad SMARTS) is 1. The topological polar surface area (TPSA) is 74.7 Å². The van der Waals surface area contributed by atoms with Crippen molar-refractivity contribution < 1.29 is 19.5 Å². The van der Waals surface area contributed by atoms with Gasteiger partial charge in [-0.1, -0.05) is 6.08 Å². The SMILES string of the molecule is CCN1CCC(=O)C(=CCCC(=O)O)C1=O. The third kappa shape index (κ3) is 2.92. The maximum atomic E-state index is 11.7. The van der Waals surface area contributed by atoms with Gasteiger partial charge in [0.2, 0.25) is 0 Å². The molecule has 1 aliphatic rings. The second kappa shape index (κ2) is 5.44. The molecule has 0 aromatic heterocycles. The van der Waals surface area contributed by atoms with Crippen LogP contribution in [0.2, 0.25) is 0 Å². The van der Waals surface area contributed by atoms with Gasteiger partial charge in [-0.05, 0) is 13.3 Å². The number of ketones is 1. The summed E-state index contributed by atoms with van der Waals surface area (Å²) in [6.07, 6.45) is 1.94. The van der Waals surface area contributed by atoms with Crippen molar-refractivity contribution in [2.24, 2.45) is 0 Å². The summed E-state index contributed by atoms with van der Waals surface area (Å²) in [6, 6.07) is 0. The number of allylic oxidation sites excluding steroid dienone is 1. The monoisotopic (exact) mass is 225 g/mol. The zero-order valence-electron chi connectivity index (χ0n) is 9.23. The molecule has 1 fully saturated rings. The smallest absolute Gasteiger partial charge is 0.303 e. The average molecular weight is 225 g/mol. The van der Waals surface area contributed by atoms with Crippen molar-refractivity contribution in [3.05, 3.63) is 11.6 Å². The van der Waals surface area contributed by atoms with E-state index in [0.29, 0.717) is 19.5 Å². The Balaban J connectivity index is 2.70. The lowest BCUT2D eigenvalue weighted by atomic mass is 10.0. The predicted molar refractivity (Wildman–Crippen MR) is 56.8 cm³/mol. The van der Waals surface area contributed by atoms with E-state index in [1.807, 2.05) is 6.92 Å². The molecule has 1 saturated heterocycles. The van der Waals surface area contributed by atoms with Crippen molar-refractivity contribution in [3.63, 3.8) is 0 Å². The second-order valence-electron chi connectivity index (χ2n) is 3.61. The van der Waals surface area contributed by atoms with Gasteiger partial charge in [0.05, 0.1) is 5.57 Å². The maximum absolute atomic E-state index is 11.7. The zero-order valence-corrected chi connectivity index (χ0v) is 9.23. The number of rotatable bonds is 4. The Bertz CT molecular complexity index is 346. The van der Waals surface area contributed by atoms with Gasteiger partial charge < -0.3 is 10.0 Å². The Morgan fingerprint density at radius 1 is 1.50 bits per heavy atom. The molecule has 0 unspecified atom stereocenters. The van der Waals surface area contributed by atoms with Crippen LogP contribution in [0.25, 0.3) is 0 Å². The van der Waals surface area contributed by atoms with Crippen LogP contribution < -0.4 is 0 Å². The molecule has 5 nitrogen and oxygen atoms in total. The van der Waals surface area contributed by atoms with Crippen LogP contribution in [-0.4, -0.2) is 40.8 Å². The molecule has 0 bridgehead atoms. The number of likely N-dealkylation sites (N-methyl/N-ethyl adjacent to an activating group) is 1. The second-order valence-corrected chi connectivity index (χ2v) is 3.61. The molecule has 88 valence electrons. The van der Waals surface area contributed by atoms with Gasteiger partial charge in [-0.25, -0.2) is 0 Å². The Hall–Kier alpha value is -1.65.